The third-order valence-corrected chi connectivity index (χ3v) is 5.26. The second kappa shape index (κ2) is 8.98. The summed E-state index contributed by atoms with van der Waals surface area (Å²) in [4.78, 5) is 24.6. The molecule has 0 aliphatic carbocycles. The summed E-state index contributed by atoms with van der Waals surface area (Å²) in [7, 11) is 1.60. The van der Waals surface area contributed by atoms with E-state index < -0.39 is 0 Å². The molecule has 0 spiro atoms. The fraction of sp³-hybridized carbons (Fsp3) is 0.348. The number of piperidine rings is 1. The van der Waals surface area contributed by atoms with Gasteiger partial charge in [0.1, 0.15) is 5.75 Å². The number of ether oxygens (including phenoxy) is 2. The zero-order valence-corrected chi connectivity index (χ0v) is 17.3. The maximum atomic E-state index is 13.0. The number of hydrogen-bond acceptors (Lipinski definition) is 6. The predicted molar refractivity (Wildman–Crippen MR) is 117 cm³/mol. The molecule has 1 aliphatic rings. The number of hydrogen-bond donors (Lipinski definition) is 1. The Balaban J connectivity index is 1.56. The molecule has 1 aliphatic heterocycles. The quantitative estimate of drug-likeness (QED) is 0.669. The third-order valence-electron chi connectivity index (χ3n) is 5.26. The van der Waals surface area contributed by atoms with E-state index in [1.807, 2.05) is 55.5 Å². The van der Waals surface area contributed by atoms with Crippen molar-refractivity contribution < 1.29 is 14.3 Å². The first kappa shape index (κ1) is 19.9. The predicted octanol–water partition coefficient (Wildman–Crippen LogP) is 3.89. The standard InChI is InChI=1S/C23H26N4O3/c1-3-30-23-21(24-17-10-4-5-11-18(17)26-23)27-14-8-9-16(15-27)22(28)25-19-12-6-7-13-20(19)29-2/h4-7,10-13,16H,3,8-9,14-15H2,1-2H3,(H,25,28). The third kappa shape index (κ3) is 4.15. The number of methoxy groups -OCH3 is 1. The van der Waals surface area contributed by atoms with E-state index in [9.17, 15) is 4.79 Å². The molecule has 1 aromatic heterocycles. The first-order valence-electron chi connectivity index (χ1n) is 10.3. The van der Waals surface area contributed by atoms with E-state index in [1.54, 1.807) is 7.11 Å². The van der Waals surface area contributed by atoms with Crippen molar-refractivity contribution >= 4 is 28.4 Å². The van der Waals surface area contributed by atoms with E-state index in [0.717, 1.165) is 30.4 Å². The number of benzene rings is 2. The van der Waals surface area contributed by atoms with Crippen LogP contribution in [0.15, 0.2) is 48.5 Å². The topological polar surface area (TPSA) is 76.6 Å². The number of para-hydroxylation sites is 4. The second-order valence-electron chi connectivity index (χ2n) is 7.25. The van der Waals surface area contributed by atoms with Gasteiger partial charge in [-0.1, -0.05) is 24.3 Å². The Bertz CT molecular complexity index is 1040. The van der Waals surface area contributed by atoms with Crippen molar-refractivity contribution in [3.05, 3.63) is 48.5 Å². The highest BCUT2D eigenvalue weighted by atomic mass is 16.5. The van der Waals surface area contributed by atoms with Gasteiger partial charge >= 0.3 is 0 Å². The lowest BCUT2D eigenvalue weighted by Gasteiger charge is -2.33. The van der Waals surface area contributed by atoms with Crippen molar-refractivity contribution in [2.75, 3.05) is 37.0 Å². The molecule has 7 nitrogen and oxygen atoms in total. The molecule has 7 heteroatoms. The first-order valence-corrected chi connectivity index (χ1v) is 10.3. The minimum absolute atomic E-state index is 0.0177. The van der Waals surface area contributed by atoms with Gasteiger partial charge in [0.15, 0.2) is 5.82 Å². The molecule has 0 saturated carbocycles. The SMILES string of the molecule is CCOc1nc2ccccc2nc1N1CCCC(C(=O)Nc2ccccc2OC)C1. The van der Waals surface area contributed by atoms with Gasteiger partial charge in [0.05, 0.1) is 36.4 Å². The molecule has 1 saturated heterocycles. The molecule has 1 fully saturated rings. The number of nitrogens with one attached hydrogen (secondary N) is 1. The summed E-state index contributed by atoms with van der Waals surface area (Å²) < 4.78 is 11.1. The van der Waals surface area contributed by atoms with Crippen LogP contribution in [0.25, 0.3) is 11.0 Å². The average molecular weight is 406 g/mol. The molecular weight excluding hydrogens is 380 g/mol. The van der Waals surface area contributed by atoms with E-state index in [2.05, 4.69) is 15.2 Å². The summed E-state index contributed by atoms with van der Waals surface area (Å²) >= 11 is 0. The number of rotatable bonds is 6. The Hall–Kier alpha value is -3.35. The number of amides is 1. The van der Waals surface area contributed by atoms with Gasteiger partial charge in [0, 0.05) is 13.1 Å². The lowest BCUT2D eigenvalue weighted by atomic mass is 9.97. The Morgan fingerprint density at radius 1 is 1.13 bits per heavy atom. The van der Waals surface area contributed by atoms with Crippen LogP contribution in [-0.4, -0.2) is 42.7 Å². The summed E-state index contributed by atoms with van der Waals surface area (Å²) in [6, 6.07) is 15.2. The lowest BCUT2D eigenvalue weighted by molar-refractivity contribution is -0.120. The van der Waals surface area contributed by atoms with Crippen LogP contribution >= 0.6 is 0 Å². The summed E-state index contributed by atoms with van der Waals surface area (Å²) in [5, 5.41) is 3.01. The molecule has 1 N–H and O–H groups in total. The zero-order valence-electron chi connectivity index (χ0n) is 17.3. The smallest absolute Gasteiger partial charge is 0.258 e. The Kier molecular flexibility index (Phi) is 5.97. The van der Waals surface area contributed by atoms with Gasteiger partial charge in [0.2, 0.25) is 5.91 Å². The van der Waals surface area contributed by atoms with Crippen LogP contribution in [0.1, 0.15) is 19.8 Å². The van der Waals surface area contributed by atoms with Crippen LogP contribution in [0.4, 0.5) is 11.5 Å². The summed E-state index contributed by atoms with van der Waals surface area (Å²) in [6.07, 6.45) is 1.71. The van der Waals surface area contributed by atoms with E-state index in [1.165, 1.54) is 0 Å². The number of fused-ring (bicyclic) bond motifs is 1. The van der Waals surface area contributed by atoms with Crippen LogP contribution in [0.5, 0.6) is 11.6 Å². The van der Waals surface area contributed by atoms with Crippen LogP contribution < -0.4 is 19.7 Å². The molecule has 4 rings (SSSR count). The molecule has 3 aromatic rings. The van der Waals surface area contributed by atoms with Crippen molar-refractivity contribution in [3.63, 3.8) is 0 Å². The van der Waals surface area contributed by atoms with Crippen LogP contribution in [-0.2, 0) is 4.79 Å². The van der Waals surface area contributed by atoms with E-state index in [-0.39, 0.29) is 11.8 Å². The van der Waals surface area contributed by atoms with Crippen molar-refractivity contribution in [2.45, 2.75) is 19.8 Å². The van der Waals surface area contributed by atoms with Crippen molar-refractivity contribution in [3.8, 4) is 11.6 Å². The molecule has 156 valence electrons. The van der Waals surface area contributed by atoms with Gasteiger partial charge < -0.3 is 19.7 Å². The molecule has 1 unspecified atom stereocenters. The van der Waals surface area contributed by atoms with Crippen molar-refractivity contribution in [2.24, 2.45) is 5.92 Å². The van der Waals surface area contributed by atoms with Crippen LogP contribution in [0, 0.1) is 5.92 Å². The highest BCUT2D eigenvalue weighted by Crippen LogP contribution is 2.31. The van der Waals surface area contributed by atoms with Gasteiger partial charge in [-0.25, -0.2) is 9.97 Å². The summed E-state index contributed by atoms with van der Waals surface area (Å²) in [5.74, 6) is 1.69. The highest BCUT2D eigenvalue weighted by molar-refractivity contribution is 5.94. The molecular formula is C23H26N4O3. The Morgan fingerprint density at radius 3 is 2.63 bits per heavy atom. The number of carbonyl (C=O) groups excluding carboxylic acids is 1. The molecule has 2 aromatic carbocycles. The van der Waals surface area contributed by atoms with E-state index in [4.69, 9.17) is 14.5 Å². The molecule has 2 heterocycles. The number of nitrogens with zero attached hydrogens (tertiary/aromatic N) is 3. The maximum absolute atomic E-state index is 13.0. The Labute approximate surface area is 176 Å². The summed E-state index contributed by atoms with van der Waals surface area (Å²) in [5.41, 5.74) is 2.30. The number of carbonyl (C=O) groups is 1. The number of aromatic nitrogens is 2. The maximum Gasteiger partial charge on any atom is 0.258 e. The largest absolute Gasteiger partial charge is 0.495 e. The average Bonchev–Trinajstić information content (AvgIpc) is 2.79. The van der Waals surface area contributed by atoms with Gasteiger partial charge in [-0.05, 0) is 44.0 Å². The van der Waals surface area contributed by atoms with Gasteiger partial charge in [-0.3, -0.25) is 4.79 Å². The van der Waals surface area contributed by atoms with Crippen molar-refractivity contribution in [1.29, 1.82) is 0 Å². The minimum atomic E-state index is -0.161. The highest BCUT2D eigenvalue weighted by Gasteiger charge is 2.29. The molecule has 30 heavy (non-hydrogen) atoms. The van der Waals surface area contributed by atoms with Crippen LogP contribution in [0.3, 0.4) is 0 Å². The summed E-state index contributed by atoms with van der Waals surface area (Å²) in [6.45, 7) is 3.81. The minimum Gasteiger partial charge on any atom is -0.495 e. The van der Waals surface area contributed by atoms with Gasteiger partial charge in [-0.15, -0.1) is 0 Å². The molecule has 0 radical (unpaired) electrons. The zero-order chi connectivity index (χ0) is 20.9. The Morgan fingerprint density at radius 2 is 1.87 bits per heavy atom. The van der Waals surface area contributed by atoms with Gasteiger partial charge in [0.25, 0.3) is 5.88 Å². The van der Waals surface area contributed by atoms with Crippen molar-refractivity contribution in [1.82, 2.24) is 9.97 Å². The molecule has 1 atom stereocenters. The van der Waals surface area contributed by atoms with Crippen LogP contribution in [0.2, 0.25) is 0 Å². The number of anilines is 2. The lowest BCUT2D eigenvalue weighted by Crippen LogP contribution is -2.41. The van der Waals surface area contributed by atoms with Gasteiger partial charge in [-0.2, -0.15) is 0 Å². The normalized spacial score (nSPS) is 16.3. The molecule has 1 amide bonds. The van der Waals surface area contributed by atoms with E-state index in [0.29, 0.717) is 36.3 Å². The second-order valence-corrected chi connectivity index (χ2v) is 7.25. The fourth-order valence-corrected chi connectivity index (χ4v) is 3.78. The fourth-order valence-electron chi connectivity index (χ4n) is 3.78. The van der Waals surface area contributed by atoms with E-state index >= 15 is 0 Å². The monoisotopic (exact) mass is 406 g/mol. The first-order chi connectivity index (χ1) is 14.7. The molecule has 0 bridgehead atoms.